The molecule has 112 valence electrons. The highest BCUT2D eigenvalue weighted by atomic mass is 35.5. The zero-order valence-electron chi connectivity index (χ0n) is 11.8. The van der Waals surface area contributed by atoms with Crippen LogP contribution in [0.5, 0.6) is 0 Å². The predicted molar refractivity (Wildman–Crippen MR) is 83.6 cm³/mol. The van der Waals surface area contributed by atoms with Crippen LogP contribution in [0, 0.1) is 0 Å². The number of fused-ring (bicyclic) bond motifs is 1. The quantitative estimate of drug-likeness (QED) is 0.878. The molecule has 0 bridgehead atoms. The van der Waals surface area contributed by atoms with Gasteiger partial charge >= 0.3 is 0 Å². The van der Waals surface area contributed by atoms with Gasteiger partial charge in [0.05, 0.1) is 12.6 Å². The molecule has 1 aliphatic carbocycles. The van der Waals surface area contributed by atoms with Crippen LogP contribution in [0.1, 0.15) is 36.7 Å². The number of nitrogens with zero attached hydrogens (tertiary/aromatic N) is 5. The van der Waals surface area contributed by atoms with E-state index in [1.54, 1.807) is 0 Å². The van der Waals surface area contributed by atoms with Gasteiger partial charge in [-0.1, -0.05) is 6.07 Å². The van der Waals surface area contributed by atoms with E-state index < -0.39 is 0 Å². The molecule has 2 N–H and O–H groups in total. The minimum atomic E-state index is 0. The highest BCUT2D eigenvalue weighted by Crippen LogP contribution is 2.36. The van der Waals surface area contributed by atoms with Gasteiger partial charge in [-0.15, -0.1) is 17.5 Å². The van der Waals surface area contributed by atoms with Gasteiger partial charge in [0.25, 0.3) is 0 Å². The van der Waals surface area contributed by atoms with Crippen LogP contribution in [0.4, 0.5) is 11.4 Å². The van der Waals surface area contributed by atoms with Crippen LogP contribution in [-0.4, -0.2) is 26.8 Å². The van der Waals surface area contributed by atoms with Crippen molar-refractivity contribution in [2.45, 2.75) is 38.3 Å². The van der Waals surface area contributed by atoms with Gasteiger partial charge in [-0.05, 0) is 53.8 Å². The Balaban J connectivity index is 0.00000132. The number of nitrogen functional groups attached to an aromatic ring is 1. The van der Waals surface area contributed by atoms with E-state index in [0.717, 1.165) is 37.4 Å². The van der Waals surface area contributed by atoms with Crippen LogP contribution in [-0.2, 0) is 13.0 Å². The maximum absolute atomic E-state index is 6.09. The molecule has 1 aromatic heterocycles. The number of anilines is 2. The molecule has 0 unspecified atom stereocenters. The van der Waals surface area contributed by atoms with Crippen LogP contribution >= 0.6 is 12.4 Å². The van der Waals surface area contributed by atoms with E-state index >= 15 is 0 Å². The minimum absolute atomic E-state index is 0. The largest absolute Gasteiger partial charge is 0.398 e. The summed E-state index contributed by atoms with van der Waals surface area (Å²) in [6.45, 7) is 1.80. The van der Waals surface area contributed by atoms with E-state index in [1.807, 2.05) is 16.8 Å². The Morgan fingerprint density at radius 1 is 1.29 bits per heavy atom. The van der Waals surface area contributed by atoms with E-state index in [4.69, 9.17) is 5.73 Å². The van der Waals surface area contributed by atoms with Crippen molar-refractivity contribution in [2.75, 3.05) is 17.2 Å². The van der Waals surface area contributed by atoms with E-state index in [9.17, 15) is 0 Å². The number of aromatic nitrogens is 4. The van der Waals surface area contributed by atoms with Crippen molar-refractivity contribution in [3.8, 4) is 0 Å². The lowest BCUT2D eigenvalue weighted by Crippen LogP contribution is -2.30. The maximum atomic E-state index is 6.09. The van der Waals surface area contributed by atoms with Gasteiger partial charge in [0, 0.05) is 17.9 Å². The smallest absolute Gasteiger partial charge is 0.170 e. The molecule has 21 heavy (non-hydrogen) atoms. The van der Waals surface area contributed by atoms with Crippen molar-refractivity contribution in [3.63, 3.8) is 0 Å². The Morgan fingerprint density at radius 2 is 2.14 bits per heavy atom. The summed E-state index contributed by atoms with van der Waals surface area (Å²) in [4.78, 5) is 2.35. The Bertz CT molecular complexity index is 636. The van der Waals surface area contributed by atoms with Crippen molar-refractivity contribution >= 4 is 23.8 Å². The minimum Gasteiger partial charge on any atom is -0.398 e. The summed E-state index contributed by atoms with van der Waals surface area (Å²) in [7, 11) is 0. The summed E-state index contributed by atoms with van der Waals surface area (Å²) in [6, 6.07) is 6.67. The summed E-state index contributed by atoms with van der Waals surface area (Å²) in [6.07, 6.45) is 4.58. The fourth-order valence-electron chi connectivity index (χ4n) is 2.98. The lowest BCUT2D eigenvalue weighted by Gasteiger charge is -2.31. The Hall–Kier alpha value is -1.82. The maximum Gasteiger partial charge on any atom is 0.170 e. The molecule has 0 atom stereocenters. The van der Waals surface area contributed by atoms with Crippen molar-refractivity contribution < 1.29 is 0 Å². The van der Waals surface area contributed by atoms with Gasteiger partial charge in [-0.3, -0.25) is 0 Å². The molecule has 0 radical (unpaired) electrons. The van der Waals surface area contributed by atoms with E-state index in [1.165, 1.54) is 24.1 Å². The molecule has 6 nitrogen and oxygen atoms in total. The summed E-state index contributed by atoms with van der Waals surface area (Å²) in [5.74, 6) is 0.961. The van der Waals surface area contributed by atoms with Crippen LogP contribution < -0.4 is 10.6 Å². The topological polar surface area (TPSA) is 72.9 Å². The molecule has 0 spiro atoms. The monoisotopic (exact) mass is 306 g/mol. The third kappa shape index (κ3) is 2.55. The Kier molecular flexibility index (Phi) is 3.71. The predicted octanol–water partition coefficient (Wildman–Crippen LogP) is 1.96. The Morgan fingerprint density at radius 3 is 2.95 bits per heavy atom. The van der Waals surface area contributed by atoms with Crippen LogP contribution in [0.3, 0.4) is 0 Å². The van der Waals surface area contributed by atoms with Crippen LogP contribution in [0.15, 0.2) is 18.2 Å². The molecule has 1 aliphatic heterocycles. The number of hydrogen-bond acceptors (Lipinski definition) is 5. The zero-order valence-corrected chi connectivity index (χ0v) is 12.6. The number of benzene rings is 1. The second-order valence-electron chi connectivity index (χ2n) is 5.64. The third-order valence-electron chi connectivity index (χ3n) is 4.17. The molecule has 0 saturated heterocycles. The molecule has 2 aliphatic rings. The fourth-order valence-corrected chi connectivity index (χ4v) is 2.98. The third-order valence-corrected chi connectivity index (χ3v) is 4.17. The number of nitrogens with two attached hydrogens (primary N) is 1. The molecule has 0 amide bonds. The molecule has 2 heterocycles. The average molecular weight is 307 g/mol. The van der Waals surface area contributed by atoms with Crippen molar-refractivity contribution in [1.82, 2.24) is 20.2 Å². The first kappa shape index (κ1) is 14.1. The summed E-state index contributed by atoms with van der Waals surface area (Å²) < 4.78 is 1.99. The standard InChI is InChI=1S/C14H18N6.ClH/c15-12-4-1-5-13-11(12)3-2-8-19(13)9-14-16-17-18-20(14)10-6-7-10;/h1,4-5,10H,2-3,6-9,15H2;1H. The number of halogens is 1. The summed E-state index contributed by atoms with van der Waals surface area (Å²) in [5.41, 5.74) is 9.50. The second-order valence-corrected chi connectivity index (χ2v) is 5.64. The first-order valence-electron chi connectivity index (χ1n) is 7.22. The molecular weight excluding hydrogens is 288 g/mol. The van der Waals surface area contributed by atoms with Gasteiger partial charge in [0.15, 0.2) is 5.82 Å². The summed E-state index contributed by atoms with van der Waals surface area (Å²) >= 11 is 0. The van der Waals surface area contributed by atoms with E-state index in [-0.39, 0.29) is 12.4 Å². The van der Waals surface area contributed by atoms with Crippen LogP contribution in [0.25, 0.3) is 0 Å². The molecule has 1 aromatic carbocycles. The molecule has 4 rings (SSSR count). The zero-order chi connectivity index (χ0) is 13.5. The average Bonchev–Trinajstić information content (AvgIpc) is 3.20. The fraction of sp³-hybridized carbons (Fsp3) is 0.500. The van der Waals surface area contributed by atoms with Gasteiger partial charge < -0.3 is 10.6 Å². The van der Waals surface area contributed by atoms with Crippen molar-refractivity contribution in [1.29, 1.82) is 0 Å². The molecule has 1 fully saturated rings. The van der Waals surface area contributed by atoms with Crippen molar-refractivity contribution in [2.24, 2.45) is 0 Å². The van der Waals surface area contributed by atoms with Gasteiger partial charge in [0.2, 0.25) is 0 Å². The first-order valence-corrected chi connectivity index (χ1v) is 7.22. The number of tetrazole rings is 1. The number of hydrogen-bond donors (Lipinski definition) is 1. The van der Waals surface area contributed by atoms with Crippen LogP contribution in [0.2, 0.25) is 0 Å². The number of rotatable bonds is 3. The molecular formula is C14H19ClN6. The Labute approximate surface area is 129 Å². The SMILES string of the molecule is Cl.Nc1cccc2c1CCCN2Cc1nnnn1C1CC1. The lowest BCUT2D eigenvalue weighted by molar-refractivity contribution is 0.567. The highest BCUT2D eigenvalue weighted by molar-refractivity contribution is 5.85. The van der Waals surface area contributed by atoms with Crippen molar-refractivity contribution in [3.05, 3.63) is 29.6 Å². The normalized spacial score (nSPS) is 17.2. The van der Waals surface area contributed by atoms with E-state index in [0.29, 0.717) is 6.04 Å². The van der Waals surface area contributed by atoms with Gasteiger partial charge in [0.1, 0.15) is 0 Å². The van der Waals surface area contributed by atoms with E-state index in [2.05, 4.69) is 26.5 Å². The highest BCUT2D eigenvalue weighted by Gasteiger charge is 2.29. The molecule has 2 aromatic rings. The lowest BCUT2D eigenvalue weighted by atomic mass is 10.00. The summed E-state index contributed by atoms with van der Waals surface area (Å²) in [5, 5.41) is 12.2. The van der Waals surface area contributed by atoms with Gasteiger partial charge in [-0.25, -0.2) is 4.68 Å². The van der Waals surface area contributed by atoms with Gasteiger partial charge in [-0.2, -0.15) is 0 Å². The first-order chi connectivity index (χ1) is 9.83. The molecule has 7 heteroatoms. The second kappa shape index (κ2) is 5.52. The molecule has 1 saturated carbocycles.